The predicted molar refractivity (Wildman–Crippen MR) is 95.3 cm³/mol. The Balaban J connectivity index is 1.83. The lowest BCUT2D eigenvalue weighted by molar-refractivity contribution is 0.104. The van der Waals surface area contributed by atoms with Crippen molar-refractivity contribution in [2.75, 3.05) is 7.11 Å². The van der Waals surface area contributed by atoms with E-state index in [0.29, 0.717) is 10.6 Å². The van der Waals surface area contributed by atoms with E-state index in [1.807, 2.05) is 42.5 Å². The molecule has 3 rings (SSSR count). The van der Waals surface area contributed by atoms with Crippen LogP contribution in [0.2, 0.25) is 5.02 Å². The first-order valence-electron chi connectivity index (χ1n) is 7.21. The van der Waals surface area contributed by atoms with E-state index in [4.69, 9.17) is 16.3 Å². The number of ketones is 1. The third-order valence-electron chi connectivity index (χ3n) is 3.63. The maximum absolute atomic E-state index is 12.1. The van der Waals surface area contributed by atoms with Gasteiger partial charge in [0.25, 0.3) is 0 Å². The van der Waals surface area contributed by atoms with E-state index < -0.39 is 0 Å². The van der Waals surface area contributed by atoms with Crippen molar-refractivity contribution >= 4 is 34.2 Å². The van der Waals surface area contributed by atoms with Crippen molar-refractivity contribution in [1.29, 1.82) is 0 Å². The third-order valence-corrected chi connectivity index (χ3v) is 3.88. The average Bonchev–Trinajstić information content (AvgIpc) is 2.59. The third kappa shape index (κ3) is 3.61. The van der Waals surface area contributed by atoms with Gasteiger partial charge in [-0.15, -0.1) is 0 Å². The largest absolute Gasteiger partial charge is 0.497 e. The number of fused-ring (bicyclic) bond motifs is 1. The molecule has 0 radical (unpaired) electrons. The Morgan fingerprint density at radius 3 is 2.39 bits per heavy atom. The van der Waals surface area contributed by atoms with Crippen LogP contribution in [0.25, 0.3) is 16.8 Å². The fraction of sp³-hybridized carbons (Fsp3) is 0.0500. The fourth-order valence-corrected chi connectivity index (χ4v) is 2.48. The maximum Gasteiger partial charge on any atom is 0.185 e. The van der Waals surface area contributed by atoms with Crippen molar-refractivity contribution in [2.24, 2.45) is 0 Å². The number of ether oxygens (including phenoxy) is 1. The van der Waals surface area contributed by atoms with E-state index in [-0.39, 0.29) is 5.78 Å². The Morgan fingerprint density at radius 1 is 0.957 bits per heavy atom. The zero-order valence-electron chi connectivity index (χ0n) is 12.6. The van der Waals surface area contributed by atoms with Gasteiger partial charge < -0.3 is 4.74 Å². The number of carbonyl (C=O) groups excluding carboxylic acids is 1. The van der Waals surface area contributed by atoms with Gasteiger partial charge in [-0.1, -0.05) is 35.9 Å². The first kappa shape index (κ1) is 15.3. The number of hydrogen-bond donors (Lipinski definition) is 0. The molecule has 0 aliphatic carbocycles. The number of carbonyl (C=O) groups is 1. The summed E-state index contributed by atoms with van der Waals surface area (Å²) in [6.07, 6.45) is 3.40. The normalized spacial score (nSPS) is 11.0. The highest BCUT2D eigenvalue weighted by Gasteiger charge is 2.02. The fourth-order valence-electron chi connectivity index (χ4n) is 2.36. The van der Waals surface area contributed by atoms with Gasteiger partial charge in [-0.3, -0.25) is 4.79 Å². The van der Waals surface area contributed by atoms with E-state index in [1.54, 1.807) is 37.5 Å². The van der Waals surface area contributed by atoms with E-state index in [2.05, 4.69) is 0 Å². The molecule has 3 aromatic rings. The standard InChI is InChI=1S/C20H15ClO2/c1-23-19-10-7-16-12-14(2-4-17(16)13-19)3-11-20(22)15-5-8-18(21)9-6-15/h2-13H,1H3/b11-3+. The van der Waals surface area contributed by atoms with Crippen molar-refractivity contribution in [2.45, 2.75) is 0 Å². The van der Waals surface area contributed by atoms with Crippen LogP contribution in [0.5, 0.6) is 5.75 Å². The molecular formula is C20H15ClO2. The monoisotopic (exact) mass is 322 g/mol. The van der Waals surface area contributed by atoms with E-state index in [0.717, 1.165) is 22.1 Å². The minimum atomic E-state index is -0.0449. The summed E-state index contributed by atoms with van der Waals surface area (Å²) in [6.45, 7) is 0. The summed E-state index contributed by atoms with van der Waals surface area (Å²) in [5.74, 6) is 0.787. The van der Waals surface area contributed by atoms with Crippen LogP contribution < -0.4 is 4.74 Å². The second kappa shape index (κ2) is 6.67. The summed E-state index contributed by atoms with van der Waals surface area (Å²) in [4.78, 5) is 12.1. The predicted octanol–water partition coefficient (Wildman–Crippen LogP) is 5.40. The van der Waals surface area contributed by atoms with Crippen LogP contribution in [0.1, 0.15) is 15.9 Å². The van der Waals surface area contributed by atoms with Crippen molar-refractivity contribution in [3.63, 3.8) is 0 Å². The van der Waals surface area contributed by atoms with Gasteiger partial charge in [-0.2, -0.15) is 0 Å². The molecule has 0 aliphatic heterocycles. The van der Waals surface area contributed by atoms with Crippen LogP contribution in [-0.2, 0) is 0 Å². The topological polar surface area (TPSA) is 26.3 Å². The SMILES string of the molecule is COc1ccc2cc(/C=C/C(=O)c3ccc(Cl)cc3)ccc2c1. The molecule has 0 amide bonds. The molecule has 114 valence electrons. The second-order valence-corrected chi connectivity index (χ2v) is 5.61. The molecule has 0 saturated carbocycles. The molecule has 0 heterocycles. The Hall–Kier alpha value is -2.58. The summed E-state index contributed by atoms with van der Waals surface area (Å²) >= 11 is 5.83. The molecule has 0 N–H and O–H groups in total. The van der Waals surface area contributed by atoms with Gasteiger partial charge >= 0.3 is 0 Å². The van der Waals surface area contributed by atoms with E-state index >= 15 is 0 Å². The number of hydrogen-bond acceptors (Lipinski definition) is 2. The van der Waals surface area contributed by atoms with Crippen LogP contribution in [0.3, 0.4) is 0 Å². The molecule has 0 bridgehead atoms. The summed E-state index contributed by atoms with van der Waals surface area (Å²) in [5, 5.41) is 2.83. The Kier molecular flexibility index (Phi) is 4.45. The van der Waals surface area contributed by atoms with Crippen molar-refractivity contribution in [3.8, 4) is 5.75 Å². The van der Waals surface area contributed by atoms with Crippen molar-refractivity contribution in [1.82, 2.24) is 0 Å². The maximum atomic E-state index is 12.1. The molecule has 0 saturated heterocycles. The summed E-state index contributed by atoms with van der Waals surface area (Å²) in [7, 11) is 1.65. The Bertz CT molecular complexity index is 880. The lowest BCUT2D eigenvalue weighted by Gasteiger charge is -2.03. The summed E-state index contributed by atoms with van der Waals surface area (Å²) < 4.78 is 5.22. The highest BCUT2D eigenvalue weighted by molar-refractivity contribution is 6.30. The van der Waals surface area contributed by atoms with Crippen LogP contribution in [0.4, 0.5) is 0 Å². The van der Waals surface area contributed by atoms with Gasteiger partial charge in [0.15, 0.2) is 5.78 Å². The van der Waals surface area contributed by atoms with Crippen LogP contribution >= 0.6 is 11.6 Å². The number of rotatable bonds is 4. The molecule has 0 unspecified atom stereocenters. The Labute approximate surface area is 140 Å². The molecule has 0 aliphatic rings. The molecular weight excluding hydrogens is 308 g/mol. The number of benzene rings is 3. The molecule has 2 nitrogen and oxygen atoms in total. The highest BCUT2D eigenvalue weighted by atomic mass is 35.5. The molecule has 23 heavy (non-hydrogen) atoms. The van der Waals surface area contributed by atoms with Gasteiger partial charge in [-0.25, -0.2) is 0 Å². The molecule has 0 fully saturated rings. The van der Waals surface area contributed by atoms with E-state index in [1.165, 1.54) is 0 Å². The highest BCUT2D eigenvalue weighted by Crippen LogP contribution is 2.22. The van der Waals surface area contributed by atoms with Crippen molar-refractivity contribution in [3.05, 3.63) is 82.9 Å². The molecule has 0 atom stereocenters. The number of methoxy groups -OCH3 is 1. The first-order valence-corrected chi connectivity index (χ1v) is 7.59. The quantitative estimate of drug-likeness (QED) is 0.475. The molecule has 3 heteroatoms. The lowest BCUT2D eigenvalue weighted by Crippen LogP contribution is -1.93. The molecule has 0 spiro atoms. The number of allylic oxidation sites excluding steroid dienone is 1. The second-order valence-electron chi connectivity index (χ2n) is 5.18. The zero-order chi connectivity index (χ0) is 16.2. The Morgan fingerprint density at radius 2 is 1.65 bits per heavy atom. The van der Waals surface area contributed by atoms with Gasteiger partial charge in [0.2, 0.25) is 0 Å². The summed E-state index contributed by atoms with van der Waals surface area (Å²) in [5.41, 5.74) is 1.60. The smallest absolute Gasteiger partial charge is 0.185 e. The molecule has 0 aromatic heterocycles. The minimum Gasteiger partial charge on any atom is -0.497 e. The average molecular weight is 323 g/mol. The first-order chi connectivity index (χ1) is 11.2. The lowest BCUT2D eigenvalue weighted by atomic mass is 10.1. The summed E-state index contributed by atoms with van der Waals surface area (Å²) in [6, 6.07) is 18.8. The van der Waals surface area contributed by atoms with Gasteiger partial charge in [0, 0.05) is 10.6 Å². The number of halogens is 1. The van der Waals surface area contributed by atoms with Gasteiger partial charge in [0.05, 0.1) is 7.11 Å². The van der Waals surface area contributed by atoms with E-state index in [9.17, 15) is 4.79 Å². The molecule has 3 aromatic carbocycles. The van der Waals surface area contributed by atoms with Gasteiger partial charge in [-0.05, 0) is 64.9 Å². The van der Waals surface area contributed by atoms with Crippen LogP contribution in [0, 0.1) is 0 Å². The van der Waals surface area contributed by atoms with Crippen LogP contribution in [0.15, 0.2) is 66.7 Å². The minimum absolute atomic E-state index is 0.0449. The van der Waals surface area contributed by atoms with Crippen molar-refractivity contribution < 1.29 is 9.53 Å². The van der Waals surface area contributed by atoms with Gasteiger partial charge in [0.1, 0.15) is 5.75 Å². The van der Waals surface area contributed by atoms with Crippen LogP contribution in [-0.4, -0.2) is 12.9 Å². The zero-order valence-corrected chi connectivity index (χ0v) is 13.4.